The third-order valence-electron chi connectivity index (χ3n) is 23.1. The molecule has 240 valence electrons. The van der Waals surface area contributed by atoms with E-state index in [9.17, 15) is 4.79 Å². The molecule has 0 aromatic heterocycles. The van der Waals surface area contributed by atoms with Crippen LogP contribution < -0.4 is 0 Å². The topological polar surface area (TPSA) is 17.1 Å². The Labute approximate surface area is 283 Å². The van der Waals surface area contributed by atoms with Crippen molar-refractivity contribution in [1.29, 1.82) is 0 Å². The molecule has 29 atom stereocenters. The van der Waals surface area contributed by atoms with Gasteiger partial charge in [-0.1, -0.05) is 58.7 Å². The summed E-state index contributed by atoms with van der Waals surface area (Å²) in [4.78, 5) is 12.4. The Kier molecular flexibility index (Phi) is 3.25. The van der Waals surface area contributed by atoms with Crippen LogP contribution in [-0.2, 0) is 4.79 Å². The molecule has 1 heteroatoms. The van der Waals surface area contributed by atoms with Crippen molar-refractivity contribution >= 4 is 5.78 Å². The summed E-state index contributed by atoms with van der Waals surface area (Å²) in [5.74, 6) is 29.4. The van der Waals surface area contributed by atoms with Crippen molar-refractivity contribution in [2.24, 2.45) is 178 Å². The number of ketones is 1. The van der Waals surface area contributed by atoms with Gasteiger partial charge < -0.3 is 0 Å². The Morgan fingerprint density at radius 2 is 0.875 bits per heavy atom. The van der Waals surface area contributed by atoms with Crippen LogP contribution in [0.25, 0.3) is 0 Å². The number of carbonyl (C=O) groups excluding carboxylic acids is 1. The summed E-state index contributed by atoms with van der Waals surface area (Å²) in [5, 5.41) is 0. The zero-order valence-electron chi connectivity index (χ0n) is 27.7. The molecule has 0 aliphatic heterocycles. The minimum absolute atomic E-state index is 0.224. The maximum atomic E-state index is 12.4. The van der Waals surface area contributed by atoms with E-state index in [2.05, 4.69) is 58.7 Å². The predicted octanol–water partition coefficient (Wildman–Crippen LogP) is 7.66. The van der Waals surface area contributed by atoms with E-state index in [1.54, 1.807) is 25.7 Å². The molecule has 0 aromatic rings. The highest BCUT2D eigenvalue weighted by molar-refractivity contribution is 6.00. The van der Waals surface area contributed by atoms with Gasteiger partial charge in [-0.25, -0.2) is 0 Å². The largest absolute Gasteiger partial charge is 0.290 e. The monoisotopic (exact) mass is 626 g/mol. The van der Waals surface area contributed by atoms with Crippen LogP contribution >= 0.6 is 0 Å². The van der Waals surface area contributed by atoms with E-state index in [1.165, 1.54) is 0 Å². The molecule has 0 amide bonds. The molecule has 0 radical (unpaired) electrons. The van der Waals surface area contributed by atoms with Gasteiger partial charge in [0.2, 0.25) is 0 Å². The van der Waals surface area contributed by atoms with Crippen LogP contribution in [0.1, 0.15) is 25.7 Å². The molecule has 0 heterocycles. The van der Waals surface area contributed by atoms with E-state index in [0.29, 0.717) is 5.92 Å². The molecule has 18 aliphatic rings. The van der Waals surface area contributed by atoms with Gasteiger partial charge in [0.15, 0.2) is 5.78 Å². The second kappa shape index (κ2) is 6.62. The van der Waals surface area contributed by atoms with Crippen molar-refractivity contribution in [3.63, 3.8) is 0 Å². The van der Waals surface area contributed by atoms with Crippen LogP contribution in [0, 0.1) is 178 Å². The molecule has 0 spiro atoms. The van der Waals surface area contributed by atoms with E-state index in [4.69, 9.17) is 0 Å². The Hall–Kier alpha value is -1.89. The van der Waals surface area contributed by atoms with Gasteiger partial charge in [-0.05, 0) is 209 Å². The molecule has 0 saturated heterocycles. The van der Waals surface area contributed by atoms with Crippen molar-refractivity contribution in [3.8, 4) is 0 Å². The summed E-state index contributed by atoms with van der Waals surface area (Å²) < 4.78 is 0. The van der Waals surface area contributed by atoms with Crippen molar-refractivity contribution in [1.82, 2.24) is 0 Å². The smallest absolute Gasteiger partial charge is 0.178 e. The van der Waals surface area contributed by atoms with Crippen molar-refractivity contribution < 1.29 is 4.79 Å². The van der Waals surface area contributed by atoms with Crippen LogP contribution in [-0.4, -0.2) is 5.78 Å². The second-order valence-electron chi connectivity index (χ2n) is 22.1. The summed E-state index contributed by atoms with van der Waals surface area (Å²) >= 11 is 0. The van der Waals surface area contributed by atoms with Crippen LogP contribution in [0.3, 0.4) is 0 Å². The molecule has 18 aliphatic carbocycles. The summed E-state index contributed by atoms with van der Waals surface area (Å²) in [6.07, 6.45) is 26.8. The third-order valence-corrected chi connectivity index (χ3v) is 23.1. The van der Waals surface area contributed by atoms with Crippen LogP contribution in [0.4, 0.5) is 0 Å². The number of hydrogen-bond donors (Lipinski definition) is 0. The standard InChI is InChI=1S/C47H46O/c48-14-3-1-13(2-4-14)23-34-32-21-11-9-19-17-7-5-15-16-6-8-18-20-10-12-22-31-29(20)38-27(18)25(16)36-24(15)26(17)37-28(19)30(21)39-41(32)42(33(22)35(23)34)40(31)47-45(38)43(36)44(37)46(39)47/h1-5,7,9,11,13,15-31,33-36,38-40,42-43,45-47H,6,8,10,12H2. The normalized spacial score (nSPS) is 74.8. The van der Waals surface area contributed by atoms with E-state index < -0.39 is 0 Å². The summed E-state index contributed by atoms with van der Waals surface area (Å²) in [6.45, 7) is 0. The van der Waals surface area contributed by atoms with Crippen LogP contribution in [0.5, 0.6) is 0 Å². The summed E-state index contributed by atoms with van der Waals surface area (Å²) in [5.41, 5.74) is 8.79. The maximum absolute atomic E-state index is 12.4. The van der Waals surface area contributed by atoms with Gasteiger partial charge in [-0.2, -0.15) is 0 Å². The fourth-order valence-corrected chi connectivity index (χ4v) is 24.1. The third kappa shape index (κ3) is 1.86. The van der Waals surface area contributed by atoms with Crippen molar-refractivity contribution in [2.75, 3.05) is 0 Å². The van der Waals surface area contributed by atoms with E-state index in [-0.39, 0.29) is 5.78 Å². The number of carbonyl (C=O) groups is 1. The molecule has 11 saturated carbocycles. The lowest BCUT2D eigenvalue weighted by Gasteiger charge is -2.60. The van der Waals surface area contributed by atoms with Gasteiger partial charge in [0.25, 0.3) is 0 Å². The van der Waals surface area contributed by atoms with Gasteiger partial charge in [-0.3, -0.25) is 4.79 Å². The Morgan fingerprint density at radius 3 is 1.73 bits per heavy atom. The molecule has 48 heavy (non-hydrogen) atoms. The SMILES string of the molecule is O=C1C=CC(C2C3C4=C5C6C7C8=C9C%10C(C=CC4C%106)C4C=CC6C%10CCC%11C%12CCC%13C(C5C5C%13C%12C%12C%11C%10C(C8C%12C75)C6C94)C32)C=C1. The summed E-state index contributed by atoms with van der Waals surface area (Å²) in [6, 6.07) is 0. The van der Waals surface area contributed by atoms with Gasteiger partial charge in [0.05, 0.1) is 0 Å². The predicted molar refractivity (Wildman–Crippen MR) is 179 cm³/mol. The average molecular weight is 627 g/mol. The Bertz CT molecular complexity index is 1990. The fraction of sp³-hybridized carbons (Fsp3) is 0.723. The number of allylic oxidation sites excluding steroid dienone is 12. The number of hydrogen-bond acceptors (Lipinski definition) is 1. The molecule has 0 aromatic carbocycles. The molecule has 1 nitrogen and oxygen atoms in total. The molecule has 18 rings (SSSR count). The molecular formula is C47H46O. The quantitative estimate of drug-likeness (QED) is 0.273. The first-order valence-electron chi connectivity index (χ1n) is 21.6. The van der Waals surface area contributed by atoms with Crippen LogP contribution in [0.2, 0.25) is 0 Å². The maximum Gasteiger partial charge on any atom is 0.178 e. The highest BCUT2D eigenvalue weighted by Gasteiger charge is 2.87. The zero-order chi connectivity index (χ0) is 29.7. The molecule has 11 fully saturated rings. The Morgan fingerprint density at radius 1 is 0.354 bits per heavy atom. The molecular weight excluding hydrogens is 581 g/mol. The highest BCUT2D eigenvalue weighted by Crippen LogP contribution is 2.92. The first-order valence-corrected chi connectivity index (χ1v) is 21.6. The minimum atomic E-state index is 0.224. The van der Waals surface area contributed by atoms with Gasteiger partial charge in [-0.15, -0.1) is 0 Å². The van der Waals surface area contributed by atoms with Crippen LogP contribution in [0.15, 0.2) is 70.9 Å². The Balaban J connectivity index is 0.977. The lowest BCUT2D eigenvalue weighted by Crippen LogP contribution is -2.57. The van der Waals surface area contributed by atoms with Gasteiger partial charge in [0.1, 0.15) is 0 Å². The zero-order valence-corrected chi connectivity index (χ0v) is 27.7. The van der Waals surface area contributed by atoms with Crippen molar-refractivity contribution in [2.45, 2.75) is 25.7 Å². The fourth-order valence-electron chi connectivity index (χ4n) is 24.1. The second-order valence-corrected chi connectivity index (χ2v) is 22.1. The van der Waals surface area contributed by atoms with Crippen molar-refractivity contribution in [3.05, 3.63) is 70.9 Å². The van der Waals surface area contributed by atoms with Gasteiger partial charge in [0, 0.05) is 5.92 Å². The lowest BCUT2D eigenvalue weighted by molar-refractivity contribution is -0.127. The first kappa shape index (κ1) is 23.6. The average Bonchev–Trinajstić information content (AvgIpc) is 3.62. The van der Waals surface area contributed by atoms with E-state index in [0.717, 1.165) is 172 Å². The molecule has 0 bridgehead atoms. The molecule has 29 unspecified atom stereocenters. The van der Waals surface area contributed by atoms with E-state index >= 15 is 0 Å². The van der Waals surface area contributed by atoms with Gasteiger partial charge >= 0.3 is 0 Å². The first-order chi connectivity index (χ1) is 23.8. The number of rotatable bonds is 1. The number of fused-ring (bicyclic) bond motifs is 8. The lowest BCUT2D eigenvalue weighted by atomic mass is 9.44. The summed E-state index contributed by atoms with van der Waals surface area (Å²) in [7, 11) is 0. The highest BCUT2D eigenvalue weighted by atomic mass is 16.1. The molecule has 0 N–H and O–H groups in total. The minimum Gasteiger partial charge on any atom is -0.290 e. The van der Waals surface area contributed by atoms with E-state index in [1.807, 2.05) is 12.2 Å².